The van der Waals surface area contributed by atoms with Crippen LogP contribution < -0.4 is 14.8 Å². The maximum atomic E-state index is 9.62. The number of aliphatic hydroxyl groups excluding tert-OH is 1. The van der Waals surface area contributed by atoms with Crippen molar-refractivity contribution in [1.29, 1.82) is 0 Å². The highest BCUT2D eigenvalue weighted by Gasteiger charge is 2.26. The van der Waals surface area contributed by atoms with Crippen LogP contribution in [0.25, 0.3) is 0 Å². The SMILES string of the molecule is CCCNC(C)(CO)CC(C)Oc1ccccc1OCC. The average Bonchev–Trinajstić information content (AvgIpc) is 2.47. The predicted molar refractivity (Wildman–Crippen MR) is 86.1 cm³/mol. The second-order valence-electron chi connectivity index (χ2n) is 5.66. The number of hydrogen-bond donors (Lipinski definition) is 2. The Morgan fingerprint density at radius 1 is 1.24 bits per heavy atom. The van der Waals surface area contributed by atoms with E-state index in [9.17, 15) is 5.11 Å². The topological polar surface area (TPSA) is 50.7 Å². The highest BCUT2D eigenvalue weighted by atomic mass is 16.5. The van der Waals surface area contributed by atoms with Gasteiger partial charge in [-0.25, -0.2) is 0 Å². The monoisotopic (exact) mass is 295 g/mol. The van der Waals surface area contributed by atoms with Crippen LogP contribution in [0.5, 0.6) is 11.5 Å². The van der Waals surface area contributed by atoms with Gasteiger partial charge in [0, 0.05) is 12.0 Å². The van der Waals surface area contributed by atoms with Gasteiger partial charge in [-0.15, -0.1) is 0 Å². The lowest BCUT2D eigenvalue weighted by atomic mass is 9.95. The minimum Gasteiger partial charge on any atom is -0.490 e. The summed E-state index contributed by atoms with van der Waals surface area (Å²) in [5, 5.41) is 13.0. The molecule has 0 saturated heterocycles. The highest BCUT2D eigenvalue weighted by Crippen LogP contribution is 2.28. The largest absolute Gasteiger partial charge is 0.490 e. The fourth-order valence-electron chi connectivity index (χ4n) is 2.33. The molecule has 0 amide bonds. The molecule has 0 aliphatic carbocycles. The third-order valence-corrected chi connectivity index (χ3v) is 3.37. The van der Waals surface area contributed by atoms with Crippen molar-refractivity contribution in [3.05, 3.63) is 24.3 Å². The molecule has 0 aliphatic rings. The molecule has 4 nitrogen and oxygen atoms in total. The molecule has 4 heteroatoms. The Kier molecular flexibility index (Phi) is 7.54. The molecule has 0 radical (unpaired) electrons. The average molecular weight is 295 g/mol. The van der Waals surface area contributed by atoms with E-state index in [4.69, 9.17) is 9.47 Å². The zero-order valence-corrected chi connectivity index (χ0v) is 13.7. The van der Waals surface area contributed by atoms with Crippen LogP contribution in [0.15, 0.2) is 24.3 Å². The van der Waals surface area contributed by atoms with Gasteiger partial charge in [0.05, 0.1) is 19.3 Å². The first-order valence-electron chi connectivity index (χ1n) is 7.79. The Morgan fingerprint density at radius 2 is 1.90 bits per heavy atom. The van der Waals surface area contributed by atoms with E-state index in [2.05, 4.69) is 12.2 Å². The highest BCUT2D eigenvalue weighted by molar-refractivity contribution is 5.39. The molecule has 1 rings (SSSR count). The van der Waals surface area contributed by atoms with Gasteiger partial charge in [0.25, 0.3) is 0 Å². The lowest BCUT2D eigenvalue weighted by Crippen LogP contribution is -2.48. The quantitative estimate of drug-likeness (QED) is 0.697. The number of para-hydroxylation sites is 2. The van der Waals surface area contributed by atoms with Gasteiger partial charge in [0.1, 0.15) is 0 Å². The van der Waals surface area contributed by atoms with Gasteiger partial charge in [-0.2, -0.15) is 0 Å². The van der Waals surface area contributed by atoms with Crippen LogP contribution in [0.2, 0.25) is 0 Å². The van der Waals surface area contributed by atoms with E-state index in [0.717, 1.165) is 30.9 Å². The van der Waals surface area contributed by atoms with Gasteiger partial charge in [0.2, 0.25) is 0 Å². The van der Waals surface area contributed by atoms with Crippen LogP contribution in [0.1, 0.15) is 40.5 Å². The Hall–Kier alpha value is -1.26. The van der Waals surface area contributed by atoms with Crippen molar-refractivity contribution in [1.82, 2.24) is 5.32 Å². The number of rotatable bonds is 10. The molecule has 1 aromatic rings. The van der Waals surface area contributed by atoms with Crippen LogP contribution in [-0.2, 0) is 0 Å². The molecule has 1 aromatic carbocycles. The Bertz CT molecular complexity index is 411. The van der Waals surface area contributed by atoms with Gasteiger partial charge in [-0.1, -0.05) is 19.1 Å². The van der Waals surface area contributed by atoms with Crippen LogP contribution in [-0.4, -0.2) is 36.5 Å². The summed E-state index contributed by atoms with van der Waals surface area (Å²) in [4.78, 5) is 0. The number of aliphatic hydroxyl groups is 1. The van der Waals surface area contributed by atoms with Crippen LogP contribution in [0.3, 0.4) is 0 Å². The third kappa shape index (κ3) is 5.94. The standard InChI is InChI=1S/C17H29NO3/c1-5-11-18-17(4,13-19)12-14(3)21-16-10-8-7-9-15(16)20-6-2/h7-10,14,18-19H,5-6,11-13H2,1-4H3. The lowest BCUT2D eigenvalue weighted by Gasteiger charge is -2.32. The van der Waals surface area contributed by atoms with Gasteiger partial charge in [-0.3, -0.25) is 0 Å². The van der Waals surface area contributed by atoms with E-state index in [1.807, 2.05) is 45.0 Å². The molecule has 0 fully saturated rings. The summed E-state index contributed by atoms with van der Waals surface area (Å²) in [5.41, 5.74) is -0.323. The van der Waals surface area contributed by atoms with Crippen molar-refractivity contribution in [2.45, 2.75) is 52.2 Å². The third-order valence-electron chi connectivity index (χ3n) is 3.37. The van der Waals surface area contributed by atoms with E-state index < -0.39 is 0 Å². The van der Waals surface area contributed by atoms with Crippen molar-refractivity contribution >= 4 is 0 Å². The van der Waals surface area contributed by atoms with E-state index >= 15 is 0 Å². The molecule has 21 heavy (non-hydrogen) atoms. The number of nitrogens with one attached hydrogen (secondary N) is 1. The molecule has 0 heterocycles. The van der Waals surface area contributed by atoms with Crippen LogP contribution in [0.4, 0.5) is 0 Å². The zero-order chi connectivity index (χ0) is 15.7. The zero-order valence-electron chi connectivity index (χ0n) is 13.7. The normalized spacial score (nSPS) is 15.3. The molecule has 0 aromatic heterocycles. The van der Waals surface area contributed by atoms with Gasteiger partial charge in [0.15, 0.2) is 11.5 Å². The first-order chi connectivity index (χ1) is 10.0. The summed E-state index contributed by atoms with van der Waals surface area (Å²) in [6.45, 7) is 9.70. The van der Waals surface area contributed by atoms with Crippen molar-refractivity contribution in [2.24, 2.45) is 0 Å². The summed E-state index contributed by atoms with van der Waals surface area (Å²) < 4.78 is 11.6. The van der Waals surface area contributed by atoms with Crippen molar-refractivity contribution < 1.29 is 14.6 Å². The Morgan fingerprint density at radius 3 is 2.48 bits per heavy atom. The molecule has 0 bridgehead atoms. The number of hydrogen-bond acceptors (Lipinski definition) is 4. The maximum absolute atomic E-state index is 9.62. The lowest BCUT2D eigenvalue weighted by molar-refractivity contribution is 0.107. The van der Waals surface area contributed by atoms with E-state index in [-0.39, 0.29) is 18.2 Å². The first-order valence-corrected chi connectivity index (χ1v) is 7.79. The summed E-state index contributed by atoms with van der Waals surface area (Å²) in [7, 11) is 0. The molecule has 120 valence electrons. The van der Waals surface area contributed by atoms with Crippen molar-refractivity contribution in [3.8, 4) is 11.5 Å². The summed E-state index contributed by atoms with van der Waals surface area (Å²) in [6, 6.07) is 7.69. The fraction of sp³-hybridized carbons (Fsp3) is 0.647. The second-order valence-corrected chi connectivity index (χ2v) is 5.66. The Balaban J connectivity index is 2.65. The molecule has 2 unspecified atom stereocenters. The van der Waals surface area contributed by atoms with Gasteiger partial charge >= 0.3 is 0 Å². The summed E-state index contributed by atoms with van der Waals surface area (Å²) in [5.74, 6) is 1.52. The van der Waals surface area contributed by atoms with Crippen LogP contribution >= 0.6 is 0 Å². The van der Waals surface area contributed by atoms with Gasteiger partial charge in [-0.05, 0) is 45.9 Å². The van der Waals surface area contributed by atoms with Crippen LogP contribution in [0, 0.1) is 0 Å². The Labute approximate surface area is 128 Å². The summed E-state index contributed by atoms with van der Waals surface area (Å²) >= 11 is 0. The molecule has 0 saturated carbocycles. The molecular weight excluding hydrogens is 266 g/mol. The number of ether oxygens (including phenoxy) is 2. The molecular formula is C17H29NO3. The second kappa shape index (κ2) is 8.90. The van der Waals surface area contributed by atoms with E-state index in [1.165, 1.54) is 0 Å². The minimum absolute atomic E-state index is 0.0203. The van der Waals surface area contributed by atoms with Gasteiger partial charge < -0.3 is 19.9 Å². The van der Waals surface area contributed by atoms with Crippen molar-refractivity contribution in [2.75, 3.05) is 19.8 Å². The molecule has 0 aliphatic heterocycles. The summed E-state index contributed by atoms with van der Waals surface area (Å²) in [6.07, 6.45) is 1.75. The first kappa shape index (κ1) is 17.8. The minimum atomic E-state index is -0.323. The van der Waals surface area contributed by atoms with E-state index in [1.54, 1.807) is 0 Å². The fourth-order valence-corrected chi connectivity index (χ4v) is 2.33. The molecule has 2 atom stereocenters. The molecule has 0 spiro atoms. The maximum Gasteiger partial charge on any atom is 0.161 e. The number of benzene rings is 1. The smallest absolute Gasteiger partial charge is 0.161 e. The van der Waals surface area contributed by atoms with Crippen molar-refractivity contribution in [3.63, 3.8) is 0 Å². The molecule has 2 N–H and O–H groups in total. The predicted octanol–water partition coefficient (Wildman–Crippen LogP) is 2.99. The van der Waals surface area contributed by atoms with E-state index in [0.29, 0.717) is 6.61 Å².